The van der Waals surface area contributed by atoms with Gasteiger partial charge in [0.1, 0.15) is 0 Å². The van der Waals surface area contributed by atoms with E-state index in [0.29, 0.717) is 6.04 Å². The Morgan fingerprint density at radius 3 is 2.27 bits per heavy atom. The lowest BCUT2D eigenvalue weighted by Crippen LogP contribution is -2.36. The van der Waals surface area contributed by atoms with Crippen molar-refractivity contribution in [1.82, 2.24) is 5.32 Å². The molecule has 1 saturated carbocycles. The molecular weight excluding hydrogens is 186 g/mol. The molecule has 0 radical (unpaired) electrons. The molecule has 2 unspecified atom stereocenters. The number of carbonyl (C=O) groups is 1. The van der Waals surface area contributed by atoms with Gasteiger partial charge in [-0.25, -0.2) is 0 Å². The zero-order chi connectivity index (χ0) is 11.4. The Bertz CT molecular complexity index is 268. The average Bonchev–Trinajstić information content (AvgIpc) is 2.20. The monoisotopic (exact) mass is 209 g/mol. The number of allylic oxidation sites excluding steroid dienone is 2. The molecule has 0 bridgehead atoms. The first-order valence-corrected chi connectivity index (χ1v) is 5.97. The fourth-order valence-electron chi connectivity index (χ4n) is 2.18. The first kappa shape index (κ1) is 12.3. The van der Waals surface area contributed by atoms with Crippen LogP contribution in [0.3, 0.4) is 0 Å². The van der Waals surface area contributed by atoms with Gasteiger partial charge in [0.05, 0.1) is 0 Å². The van der Waals surface area contributed by atoms with E-state index >= 15 is 0 Å². The minimum Gasteiger partial charge on any atom is -0.385 e. The summed E-state index contributed by atoms with van der Waals surface area (Å²) in [4.78, 5) is 11.2. The minimum atomic E-state index is 0.170. The van der Waals surface area contributed by atoms with Crippen molar-refractivity contribution >= 4 is 5.78 Å². The first-order valence-electron chi connectivity index (χ1n) is 5.97. The number of hydrogen-bond donors (Lipinski definition) is 1. The quantitative estimate of drug-likeness (QED) is 0.724. The summed E-state index contributed by atoms with van der Waals surface area (Å²) in [6.45, 7) is 7.84. The van der Waals surface area contributed by atoms with E-state index in [1.54, 1.807) is 6.92 Å². The Kier molecular flexibility index (Phi) is 4.37. The van der Waals surface area contributed by atoms with Crippen LogP contribution in [-0.2, 0) is 4.79 Å². The van der Waals surface area contributed by atoms with Crippen LogP contribution in [0, 0.1) is 5.92 Å². The second-order valence-electron chi connectivity index (χ2n) is 4.82. The van der Waals surface area contributed by atoms with E-state index in [2.05, 4.69) is 12.2 Å². The van der Waals surface area contributed by atoms with E-state index in [-0.39, 0.29) is 5.78 Å². The van der Waals surface area contributed by atoms with Gasteiger partial charge >= 0.3 is 0 Å². The van der Waals surface area contributed by atoms with E-state index in [4.69, 9.17) is 0 Å². The van der Waals surface area contributed by atoms with Crippen LogP contribution in [0.1, 0.15) is 53.4 Å². The first-order chi connectivity index (χ1) is 7.02. The van der Waals surface area contributed by atoms with Crippen LogP contribution >= 0.6 is 0 Å². The smallest absolute Gasteiger partial charge is 0.157 e. The second kappa shape index (κ2) is 5.34. The molecule has 0 aromatic rings. The summed E-state index contributed by atoms with van der Waals surface area (Å²) in [6, 6.07) is 0.563. The van der Waals surface area contributed by atoms with Crippen molar-refractivity contribution in [2.24, 2.45) is 5.92 Å². The molecule has 0 amide bonds. The molecule has 1 aliphatic carbocycles. The lowest BCUT2D eigenvalue weighted by molar-refractivity contribution is -0.113. The topological polar surface area (TPSA) is 29.1 Å². The number of hydrogen-bond acceptors (Lipinski definition) is 2. The number of ketones is 1. The molecule has 0 aromatic heterocycles. The highest BCUT2D eigenvalue weighted by atomic mass is 16.1. The molecule has 2 atom stereocenters. The van der Waals surface area contributed by atoms with Gasteiger partial charge in [-0.15, -0.1) is 0 Å². The molecular formula is C13H23NO. The third-order valence-corrected chi connectivity index (χ3v) is 3.60. The van der Waals surface area contributed by atoms with Crippen molar-refractivity contribution in [1.29, 1.82) is 0 Å². The van der Waals surface area contributed by atoms with Crippen molar-refractivity contribution in [2.45, 2.75) is 59.4 Å². The van der Waals surface area contributed by atoms with Gasteiger partial charge in [0, 0.05) is 17.3 Å². The second-order valence-corrected chi connectivity index (χ2v) is 4.82. The van der Waals surface area contributed by atoms with Gasteiger partial charge in [-0.2, -0.15) is 0 Å². The third kappa shape index (κ3) is 3.37. The molecule has 15 heavy (non-hydrogen) atoms. The molecule has 1 N–H and O–H groups in total. The molecule has 1 rings (SSSR count). The van der Waals surface area contributed by atoms with E-state index < -0.39 is 0 Å². The van der Waals surface area contributed by atoms with Crippen LogP contribution in [0.25, 0.3) is 0 Å². The van der Waals surface area contributed by atoms with Crippen molar-refractivity contribution in [3.63, 3.8) is 0 Å². The van der Waals surface area contributed by atoms with E-state index in [1.807, 2.05) is 13.8 Å². The van der Waals surface area contributed by atoms with Gasteiger partial charge in [0.25, 0.3) is 0 Å². The van der Waals surface area contributed by atoms with Crippen LogP contribution in [-0.4, -0.2) is 11.8 Å². The van der Waals surface area contributed by atoms with Gasteiger partial charge in [-0.3, -0.25) is 4.79 Å². The minimum absolute atomic E-state index is 0.170. The van der Waals surface area contributed by atoms with Crippen molar-refractivity contribution in [3.8, 4) is 0 Å². The maximum Gasteiger partial charge on any atom is 0.157 e. The maximum atomic E-state index is 11.2. The van der Waals surface area contributed by atoms with Gasteiger partial charge in [-0.1, -0.05) is 19.8 Å². The summed E-state index contributed by atoms with van der Waals surface area (Å²) in [6.07, 6.45) is 5.22. The zero-order valence-electron chi connectivity index (χ0n) is 10.4. The Balaban J connectivity index is 2.60. The van der Waals surface area contributed by atoms with Crippen LogP contribution in [0.15, 0.2) is 11.3 Å². The summed E-state index contributed by atoms with van der Waals surface area (Å²) >= 11 is 0. The highest BCUT2D eigenvalue weighted by molar-refractivity contribution is 5.93. The molecule has 86 valence electrons. The standard InChI is InChI=1S/C13H23NO/c1-9-7-5-6-8-13(9)14-11(3)10(2)12(4)15/h9,13-14H,5-8H2,1-4H3. The van der Waals surface area contributed by atoms with Crippen LogP contribution in [0.2, 0.25) is 0 Å². The SMILES string of the molecule is CC(=O)C(C)=C(C)NC1CCCCC1C. The third-order valence-electron chi connectivity index (χ3n) is 3.60. The number of carbonyl (C=O) groups excluding carboxylic acids is 1. The highest BCUT2D eigenvalue weighted by Gasteiger charge is 2.21. The number of Topliss-reactive ketones (excluding diaryl/α,β-unsaturated/α-hetero) is 1. The molecule has 0 saturated heterocycles. The highest BCUT2D eigenvalue weighted by Crippen LogP contribution is 2.24. The van der Waals surface area contributed by atoms with Crippen molar-refractivity contribution in [2.75, 3.05) is 0 Å². The molecule has 0 aliphatic heterocycles. The Morgan fingerprint density at radius 1 is 1.13 bits per heavy atom. The normalized spacial score (nSPS) is 28.3. The lowest BCUT2D eigenvalue weighted by atomic mass is 9.85. The van der Waals surface area contributed by atoms with Crippen molar-refractivity contribution < 1.29 is 4.79 Å². The fourth-order valence-corrected chi connectivity index (χ4v) is 2.18. The predicted octanol–water partition coefficient (Wildman–Crippen LogP) is 3.04. The predicted molar refractivity (Wildman–Crippen MR) is 63.6 cm³/mol. The van der Waals surface area contributed by atoms with Crippen LogP contribution in [0.4, 0.5) is 0 Å². The maximum absolute atomic E-state index is 11.2. The largest absolute Gasteiger partial charge is 0.385 e. The fraction of sp³-hybridized carbons (Fsp3) is 0.769. The Hall–Kier alpha value is -0.790. The van der Waals surface area contributed by atoms with Gasteiger partial charge < -0.3 is 5.32 Å². The molecule has 2 nitrogen and oxygen atoms in total. The van der Waals surface area contributed by atoms with E-state index in [1.165, 1.54) is 25.7 Å². The summed E-state index contributed by atoms with van der Waals surface area (Å²) in [7, 11) is 0. The van der Waals surface area contributed by atoms with E-state index in [9.17, 15) is 4.79 Å². The van der Waals surface area contributed by atoms with Gasteiger partial charge in [0.15, 0.2) is 5.78 Å². The molecule has 1 fully saturated rings. The zero-order valence-corrected chi connectivity index (χ0v) is 10.4. The number of rotatable bonds is 3. The average molecular weight is 209 g/mol. The van der Waals surface area contributed by atoms with Crippen LogP contribution in [0.5, 0.6) is 0 Å². The summed E-state index contributed by atoms with van der Waals surface area (Å²) in [5.41, 5.74) is 1.93. The van der Waals surface area contributed by atoms with Crippen molar-refractivity contribution in [3.05, 3.63) is 11.3 Å². The molecule has 0 spiro atoms. The van der Waals surface area contributed by atoms with E-state index in [0.717, 1.165) is 17.2 Å². The lowest BCUT2D eigenvalue weighted by Gasteiger charge is -2.31. The summed E-state index contributed by atoms with van der Waals surface area (Å²) in [5.74, 6) is 0.900. The Morgan fingerprint density at radius 2 is 1.73 bits per heavy atom. The summed E-state index contributed by atoms with van der Waals surface area (Å²) < 4.78 is 0. The molecule has 0 heterocycles. The molecule has 0 aromatic carbocycles. The van der Waals surface area contributed by atoms with Crippen LogP contribution < -0.4 is 5.32 Å². The number of nitrogens with one attached hydrogen (secondary N) is 1. The van der Waals surface area contributed by atoms with Gasteiger partial charge in [0.2, 0.25) is 0 Å². The Labute approximate surface area is 93.1 Å². The molecule has 2 heteroatoms. The van der Waals surface area contributed by atoms with Gasteiger partial charge in [-0.05, 0) is 39.5 Å². The summed E-state index contributed by atoms with van der Waals surface area (Å²) in [5, 5.41) is 3.51. The molecule has 1 aliphatic rings.